The normalized spacial score (nSPS) is 19.1. The topological polar surface area (TPSA) is 62.9 Å². The number of aliphatic hydroxyl groups excluding tert-OH is 1. The maximum Gasteiger partial charge on any atom is 0.339 e. The van der Waals surface area contributed by atoms with Crippen LogP contribution in [0.5, 0.6) is 5.75 Å². The SMILES string of the molecule is O=c1oc2cc(OC[C@@H](O)CN3CCCCC3)ccc2c2c1CCC2. The van der Waals surface area contributed by atoms with Crippen LogP contribution in [0.4, 0.5) is 0 Å². The van der Waals surface area contributed by atoms with Gasteiger partial charge in [-0.15, -0.1) is 0 Å². The van der Waals surface area contributed by atoms with E-state index in [1.165, 1.54) is 19.3 Å². The predicted molar refractivity (Wildman–Crippen MR) is 96.3 cm³/mol. The van der Waals surface area contributed by atoms with E-state index in [0.717, 1.165) is 48.9 Å². The summed E-state index contributed by atoms with van der Waals surface area (Å²) in [6, 6.07) is 5.63. The first-order valence-electron chi connectivity index (χ1n) is 9.32. The Hall–Kier alpha value is -1.85. The van der Waals surface area contributed by atoms with Crippen LogP contribution in [0.15, 0.2) is 27.4 Å². The Balaban J connectivity index is 1.43. The first kappa shape index (κ1) is 16.6. The molecule has 0 bridgehead atoms. The van der Waals surface area contributed by atoms with Crippen LogP contribution in [0.25, 0.3) is 11.0 Å². The number of likely N-dealkylation sites (tertiary alicyclic amines) is 1. The summed E-state index contributed by atoms with van der Waals surface area (Å²) < 4.78 is 11.2. The lowest BCUT2D eigenvalue weighted by atomic mass is 10.1. The summed E-state index contributed by atoms with van der Waals surface area (Å²) in [4.78, 5) is 14.4. The smallest absolute Gasteiger partial charge is 0.339 e. The number of ether oxygens (including phenoxy) is 1. The van der Waals surface area contributed by atoms with Gasteiger partial charge in [-0.2, -0.15) is 0 Å². The number of nitrogens with zero attached hydrogens (tertiary/aromatic N) is 1. The molecule has 1 aromatic heterocycles. The Kier molecular flexibility index (Phi) is 4.77. The lowest BCUT2D eigenvalue weighted by Crippen LogP contribution is -2.38. The molecule has 0 radical (unpaired) electrons. The number of aliphatic hydroxyl groups is 1. The number of aryl methyl sites for hydroxylation is 1. The van der Waals surface area contributed by atoms with Gasteiger partial charge in [0, 0.05) is 23.6 Å². The Morgan fingerprint density at radius 2 is 1.92 bits per heavy atom. The zero-order valence-electron chi connectivity index (χ0n) is 14.5. The maximum absolute atomic E-state index is 12.1. The highest BCUT2D eigenvalue weighted by atomic mass is 16.5. The van der Waals surface area contributed by atoms with Crippen LogP contribution in [0.1, 0.15) is 36.8 Å². The van der Waals surface area contributed by atoms with Crippen LogP contribution >= 0.6 is 0 Å². The number of benzene rings is 1. The van der Waals surface area contributed by atoms with Crippen molar-refractivity contribution < 1.29 is 14.3 Å². The monoisotopic (exact) mass is 343 g/mol. The highest BCUT2D eigenvalue weighted by Crippen LogP contribution is 2.29. The highest BCUT2D eigenvalue weighted by Gasteiger charge is 2.20. The van der Waals surface area contributed by atoms with Gasteiger partial charge < -0.3 is 19.2 Å². The molecule has 0 spiro atoms. The summed E-state index contributed by atoms with van der Waals surface area (Å²) >= 11 is 0. The third-order valence-electron chi connectivity index (χ3n) is 5.31. The van der Waals surface area contributed by atoms with Gasteiger partial charge in [0.1, 0.15) is 24.0 Å². The summed E-state index contributed by atoms with van der Waals surface area (Å²) in [5, 5.41) is 11.2. The van der Waals surface area contributed by atoms with Crippen molar-refractivity contribution in [1.82, 2.24) is 4.90 Å². The average molecular weight is 343 g/mol. The number of rotatable bonds is 5. The van der Waals surface area contributed by atoms with E-state index >= 15 is 0 Å². The Labute approximate surface area is 147 Å². The molecule has 0 unspecified atom stereocenters. The standard InChI is InChI=1S/C20H25NO4/c22-14(12-21-9-2-1-3-10-21)13-24-15-7-8-17-16-5-4-6-18(16)20(23)25-19(17)11-15/h7-8,11,14,22H,1-6,9-10,12-13H2/t14-/m0/s1. The fraction of sp³-hybridized carbons (Fsp3) is 0.550. The lowest BCUT2D eigenvalue weighted by Gasteiger charge is -2.28. The van der Waals surface area contributed by atoms with E-state index in [1.54, 1.807) is 6.07 Å². The second kappa shape index (κ2) is 7.18. The second-order valence-corrected chi connectivity index (χ2v) is 7.18. The van der Waals surface area contributed by atoms with Gasteiger partial charge in [0.15, 0.2) is 0 Å². The van der Waals surface area contributed by atoms with Gasteiger partial charge in [0.05, 0.1) is 0 Å². The van der Waals surface area contributed by atoms with Crippen molar-refractivity contribution in [2.45, 2.75) is 44.6 Å². The Morgan fingerprint density at radius 1 is 1.12 bits per heavy atom. The molecule has 1 aliphatic heterocycles. The van der Waals surface area contributed by atoms with Crippen molar-refractivity contribution in [1.29, 1.82) is 0 Å². The van der Waals surface area contributed by atoms with Gasteiger partial charge in [-0.1, -0.05) is 6.42 Å². The lowest BCUT2D eigenvalue weighted by molar-refractivity contribution is 0.0617. The molecule has 1 aromatic carbocycles. The molecule has 1 saturated heterocycles. The highest BCUT2D eigenvalue weighted by molar-refractivity contribution is 5.83. The molecule has 1 atom stereocenters. The van der Waals surface area contributed by atoms with Crippen LogP contribution in [-0.4, -0.2) is 42.4 Å². The molecule has 5 nitrogen and oxygen atoms in total. The van der Waals surface area contributed by atoms with Gasteiger partial charge in [-0.3, -0.25) is 0 Å². The summed E-state index contributed by atoms with van der Waals surface area (Å²) in [7, 11) is 0. The van der Waals surface area contributed by atoms with E-state index in [2.05, 4.69) is 4.90 Å². The zero-order chi connectivity index (χ0) is 17.2. The number of β-amino-alcohol motifs (C(OH)–C–C–N with tert-alkyl or cyclic N) is 1. The van der Waals surface area contributed by atoms with Crippen LogP contribution in [0.3, 0.4) is 0 Å². The molecular formula is C20H25NO4. The molecule has 0 saturated carbocycles. The molecule has 5 heteroatoms. The zero-order valence-corrected chi connectivity index (χ0v) is 14.5. The summed E-state index contributed by atoms with van der Waals surface area (Å²) in [6.45, 7) is 3.01. The minimum absolute atomic E-state index is 0.220. The van der Waals surface area contributed by atoms with E-state index in [0.29, 0.717) is 17.9 Å². The largest absolute Gasteiger partial charge is 0.491 e. The van der Waals surface area contributed by atoms with E-state index in [4.69, 9.17) is 9.15 Å². The minimum Gasteiger partial charge on any atom is -0.491 e. The van der Waals surface area contributed by atoms with Gasteiger partial charge in [0.2, 0.25) is 0 Å². The summed E-state index contributed by atoms with van der Waals surface area (Å²) in [5.74, 6) is 0.631. The van der Waals surface area contributed by atoms with E-state index in [-0.39, 0.29) is 12.2 Å². The van der Waals surface area contributed by atoms with E-state index in [9.17, 15) is 9.90 Å². The minimum atomic E-state index is -0.513. The summed E-state index contributed by atoms with van der Waals surface area (Å²) in [6.07, 6.45) is 5.96. The number of hydrogen-bond acceptors (Lipinski definition) is 5. The van der Waals surface area contributed by atoms with Crippen molar-refractivity contribution in [2.75, 3.05) is 26.2 Å². The third-order valence-corrected chi connectivity index (χ3v) is 5.31. The first-order valence-corrected chi connectivity index (χ1v) is 9.32. The van der Waals surface area contributed by atoms with Gasteiger partial charge in [-0.05, 0) is 62.9 Å². The van der Waals surface area contributed by atoms with Crippen LogP contribution < -0.4 is 10.4 Å². The molecule has 134 valence electrons. The molecular weight excluding hydrogens is 318 g/mol. The molecule has 25 heavy (non-hydrogen) atoms. The molecule has 2 heterocycles. The van der Waals surface area contributed by atoms with Crippen LogP contribution in [-0.2, 0) is 12.8 Å². The summed E-state index contributed by atoms with van der Waals surface area (Å²) in [5.41, 5.74) is 2.32. The van der Waals surface area contributed by atoms with E-state index in [1.807, 2.05) is 12.1 Å². The van der Waals surface area contributed by atoms with Crippen LogP contribution in [0.2, 0.25) is 0 Å². The second-order valence-electron chi connectivity index (χ2n) is 7.18. The number of piperidine rings is 1. The fourth-order valence-corrected chi connectivity index (χ4v) is 4.04. The molecule has 0 amide bonds. The van der Waals surface area contributed by atoms with Gasteiger partial charge in [0.25, 0.3) is 0 Å². The predicted octanol–water partition coefficient (Wildman–Crippen LogP) is 2.51. The average Bonchev–Trinajstić information content (AvgIpc) is 3.11. The molecule has 2 aliphatic rings. The third kappa shape index (κ3) is 3.58. The maximum atomic E-state index is 12.1. The van der Waals surface area contributed by atoms with Gasteiger partial charge in [-0.25, -0.2) is 4.79 Å². The Bertz CT molecular complexity index is 807. The first-order chi connectivity index (χ1) is 12.2. The van der Waals surface area contributed by atoms with Gasteiger partial charge >= 0.3 is 5.63 Å². The quantitative estimate of drug-likeness (QED) is 0.845. The molecule has 1 aliphatic carbocycles. The number of hydrogen-bond donors (Lipinski definition) is 1. The Morgan fingerprint density at radius 3 is 2.76 bits per heavy atom. The van der Waals surface area contributed by atoms with Crippen molar-refractivity contribution in [3.8, 4) is 5.75 Å². The van der Waals surface area contributed by atoms with Crippen molar-refractivity contribution >= 4 is 11.0 Å². The fourth-order valence-electron chi connectivity index (χ4n) is 4.04. The van der Waals surface area contributed by atoms with E-state index < -0.39 is 6.10 Å². The van der Waals surface area contributed by atoms with Crippen molar-refractivity contribution in [3.05, 3.63) is 39.7 Å². The molecule has 1 fully saturated rings. The van der Waals surface area contributed by atoms with Crippen LogP contribution in [0, 0.1) is 0 Å². The molecule has 4 rings (SSSR count). The van der Waals surface area contributed by atoms with Crippen molar-refractivity contribution in [2.24, 2.45) is 0 Å². The molecule has 1 N–H and O–H groups in total. The number of fused-ring (bicyclic) bond motifs is 3. The van der Waals surface area contributed by atoms with Crippen molar-refractivity contribution in [3.63, 3.8) is 0 Å². The molecule has 2 aromatic rings.